The van der Waals surface area contributed by atoms with E-state index in [1.807, 2.05) is 13.8 Å². The minimum Gasteiger partial charge on any atom is -0.436 e. The second kappa shape index (κ2) is 7.82. The topological polar surface area (TPSA) is 119 Å². The summed E-state index contributed by atoms with van der Waals surface area (Å²) in [5, 5.41) is 0. The van der Waals surface area contributed by atoms with E-state index in [9.17, 15) is 14.4 Å². The van der Waals surface area contributed by atoms with Gasteiger partial charge in [-0.2, -0.15) is 0 Å². The maximum absolute atomic E-state index is 12.4. The molecule has 120 valence electrons. The molecule has 0 spiro atoms. The average molecular weight is 300 g/mol. The Hall–Kier alpha value is -1.83. The lowest BCUT2D eigenvalue weighted by atomic mass is 10.0. The summed E-state index contributed by atoms with van der Waals surface area (Å²) in [5.74, 6) is -0.199. The van der Waals surface area contributed by atoms with Gasteiger partial charge in [0, 0.05) is 26.2 Å². The van der Waals surface area contributed by atoms with Crippen molar-refractivity contribution in [3.63, 3.8) is 0 Å². The third-order valence-corrected chi connectivity index (χ3v) is 3.34. The van der Waals surface area contributed by atoms with Crippen LogP contribution in [-0.4, -0.2) is 66.5 Å². The van der Waals surface area contributed by atoms with Crippen LogP contribution in [0.15, 0.2) is 0 Å². The van der Waals surface area contributed by atoms with Gasteiger partial charge in [0.25, 0.3) is 5.91 Å². The Kier molecular flexibility index (Phi) is 6.41. The number of carbonyl (C=O) groups excluding carboxylic acids is 3. The molecule has 1 rings (SSSR count). The van der Waals surface area contributed by atoms with Crippen molar-refractivity contribution < 1.29 is 19.1 Å². The SMILES string of the molecule is CC(C)C[C@H](OC(N)=O)C(=O)N1CCN(C(=O)CN)CC1. The largest absolute Gasteiger partial charge is 0.436 e. The minimum atomic E-state index is -0.953. The van der Waals surface area contributed by atoms with Crippen LogP contribution in [0.1, 0.15) is 20.3 Å². The first kappa shape index (κ1) is 17.2. The molecule has 0 radical (unpaired) electrons. The second-order valence-electron chi connectivity index (χ2n) is 5.47. The fourth-order valence-corrected chi connectivity index (χ4v) is 2.28. The minimum absolute atomic E-state index is 0.0330. The van der Waals surface area contributed by atoms with E-state index < -0.39 is 12.2 Å². The Morgan fingerprint density at radius 2 is 1.62 bits per heavy atom. The Bertz CT molecular complexity index is 392. The van der Waals surface area contributed by atoms with Gasteiger partial charge < -0.3 is 26.0 Å². The predicted octanol–water partition coefficient (Wildman–Crippen LogP) is -0.874. The highest BCUT2D eigenvalue weighted by atomic mass is 16.6. The number of nitrogens with two attached hydrogens (primary N) is 2. The van der Waals surface area contributed by atoms with E-state index >= 15 is 0 Å². The molecule has 1 saturated heterocycles. The number of nitrogens with zero attached hydrogens (tertiary/aromatic N) is 2. The molecule has 1 fully saturated rings. The number of hydrogen-bond acceptors (Lipinski definition) is 5. The van der Waals surface area contributed by atoms with Gasteiger partial charge in [0.1, 0.15) is 0 Å². The van der Waals surface area contributed by atoms with Crippen molar-refractivity contribution in [2.75, 3.05) is 32.7 Å². The molecule has 0 unspecified atom stereocenters. The van der Waals surface area contributed by atoms with Gasteiger partial charge in [0.15, 0.2) is 6.10 Å². The summed E-state index contributed by atoms with van der Waals surface area (Å²) >= 11 is 0. The summed E-state index contributed by atoms with van der Waals surface area (Å²) in [5.41, 5.74) is 10.3. The van der Waals surface area contributed by atoms with Crippen LogP contribution in [0.5, 0.6) is 0 Å². The maximum atomic E-state index is 12.4. The number of carbonyl (C=O) groups is 3. The zero-order valence-electron chi connectivity index (χ0n) is 12.6. The molecule has 0 aromatic heterocycles. The van der Waals surface area contributed by atoms with E-state index in [1.54, 1.807) is 9.80 Å². The van der Waals surface area contributed by atoms with Crippen LogP contribution in [0.3, 0.4) is 0 Å². The van der Waals surface area contributed by atoms with Gasteiger partial charge in [-0.25, -0.2) is 4.79 Å². The monoisotopic (exact) mass is 300 g/mol. The van der Waals surface area contributed by atoms with Crippen molar-refractivity contribution in [3.05, 3.63) is 0 Å². The molecular formula is C13H24N4O4. The van der Waals surface area contributed by atoms with Crippen molar-refractivity contribution in [2.45, 2.75) is 26.4 Å². The summed E-state index contributed by atoms with van der Waals surface area (Å²) in [4.78, 5) is 38.0. The molecule has 0 aromatic rings. The average Bonchev–Trinajstić information content (AvgIpc) is 2.44. The highest BCUT2D eigenvalue weighted by Crippen LogP contribution is 2.13. The first-order valence-electron chi connectivity index (χ1n) is 7.07. The number of ether oxygens (including phenoxy) is 1. The lowest BCUT2D eigenvalue weighted by Gasteiger charge is -2.36. The van der Waals surface area contributed by atoms with E-state index in [1.165, 1.54) is 0 Å². The van der Waals surface area contributed by atoms with E-state index in [2.05, 4.69) is 0 Å². The summed E-state index contributed by atoms with van der Waals surface area (Å²) in [6.45, 7) is 5.52. The van der Waals surface area contributed by atoms with Crippen LogP contribution in [0.4, 0.5) is 4.79 Å². The fourth-order valence-electron chi connectivity index (χ4n) is 2.28. The summed E-state index contributed by atoms with van der Waals surface area (Å²) < 4.78 is 4.92. The van der Waals surface area contributed by atoms with Gasteiger partial charge in [-0.05, 0) is 12.3 Å². The first-order valence-corrected chi connectivity index (χ1v) is 7.07. The van der Waals surface area contributed by atoms with E-state index in [-0.39, 0.29) is 24.3 Å². The van der Waals surface area contributed by atoms with Crippen LogP contribution in [0, 0.1) is 5.92 Å². The van der Waals surface area contributed by atoms with Crippen molar-refractivity contribution in [3.8, 4) is 0 Å². The second-order valence-corrected chi connectivity index (χ2v) is 5.47. The van der Waals surface area contributed by atoms with Gasteiger partial charge in [-0.1, -0.05) is 13.8 Å². The number of piperazine rings is 1. The van der Waals surface area contributed by atoms with Crippen molar-refractivity contribution in [2.24, 2.45) is 17.4 Å². The molecule has 0 saturated carbocycles. The van der Waals surface area contributed by atoms with Crippen LogP contribution in [0.25, 0.3) is 0 Å². The van der Waals surface area contributed by atoms with Crippen LogP contribution < -0.4 is 11.5 Å². The molecule has 1 aliphatic heterocycles. The molecular weight excluding hydrogens is 276 g/mol. The molecule has 4 N–H and O–H groups in total. The number of amides is 3. The normalized spacial score (nSPS) is 16.8. The molecule has 8 nitrogen and oxygen atoms in total. The highest BCUT2D eigenvalue weighted by Gasteiger charge is 2.31. The zero-order valence-corrected chi connectivity index (χ0v) is 12.6. The maximum Gasteiger partial charge on any atom is 0.405 e. The Morgan fingerprint density at radius 3 is 2.05 bits per heavy atom. The van der Waals surface area contributed by atoms with Gasteiger partial charge in [-0.3, -0.25) is 9.59 Å². The molecule has 21 heavy (non-hydrogen) atoms. The summed E-state index contributed by atoms with van der Waals surface area (Å²) in [6.07, 6.45) is -1.39. The van der Waals surface area contributed by atoms with Gasteiger partial charge in [-0.15, -0.1) is 0 Å². The number of hydrogen-bond donors (Lipinski definition) is 2. The highest BCUT2D eigenvalue weighted by molar-refractivity contribution is 5.84. The molecule has 1 atom stereocenters. The number of rotatable bonds is 5. The summed E-state index contributed by atoms with van der Waals surface area (Å²) in [7, 11) is 0. The van der Waals surface area contributed by atoms with Crippen molar-refractivity contribution >= 4 is 17.9 Å². The number of primary amides is 1. The first-order chi connectivity index (χ1) is 9.85. The quantitative estimate of drug-likeness (QED) is 0.684. The van der Waals surface area contributed by atoms with Crippen LogP contribution in [0.2, 0.25) is 0 Å². The van der Waals surface area contributed by atoms with Crippen molar-refractivity contribution in [1.29, 1.82) is 0 Å². The third-order valence-electron chi connectivity index (χ3n) is 3.34. The lowest BCUT2D eigenvalue weighted by Crippen LogP contribution is -2.54. The molecule has 3 amide bonds. The fraction of sp³-hybridized carbons (Fsp3) is 0.769. The van der Waals surface area contributed by atoms with Gasteiger partial charge in [0.05, 0.1) is 6.54 Å². The van der Waals surface area contributed by atoms with E-state index in [0.29, 0.717) is 32.6 Å². The Balaban J connectivity index is 2.60. The molecule has 0 bridgehead atoms. The van der Waals surface area contributed by atoms with Gasteiger partial charge in [0.2, 0.25) is 5.91 Å². The standard InChI is InChI=1S/C13H24N4O4/c1-9(2)7-10(21-13(15)20)12(19)17-5-3-16(4-6-17)11(18)8-14/h9-10H,3-8,14H2,1-2H3,(H2,15,20)/t10-/m0/s1. The molecule has 1 heterocycles. The van der Waals surface area contributed by atoms with E-state index in [0.717, 1.165) is 0 Å². The summed E-state index contributed by atoms with van der Waals surface area (Å²) in [6, 6.07) is 0. The predicted molar refractivity (Wildman–Crippen MR) is 76.1 cm³/mol. The van der Waals surface area contributed by atoms with Crippen molar-refractivity contribution in [1.82, 2.24) is 9.80 Å². The smallest absolute Gasteiger partial charge is 0.405 e. The molecule has 1 aliphatic rings. The van der Waals surface area contributed by atoms with Crippen LogP contribution >= 0.6 is 0 Å². The van der Waals surface area contributed by atoms with Gasteiger partial charge >= 0.3 is 6.09 Å². The Labute approximate surface area is 124 Å². The Morgan fingerprint density at radius 1 is 1.10 bits per heavy atom. The van der Waals surface area contributed by atoms with E-state index in [4.69, 9.17) is 16.2 Å². The lowest BCUT2D eigenvalue weighted by molar-refractivity contribution is -0.145. The molecule has 0 aromatic carbocycles. The zero-order chi connectivity index (χ0) is 16.0. The molecule has 8 heteroatoms. The molecule has 0 aliphatic carbocycles. The van der Waals surface area contributed by atoms with Crippen LogP contribution in [-0.2, 0) is 14.3 Å². The third kappa shape index (κ3) is 5.22.